The molecule has 1 aromatic rings. The van der Waals surface area contributed by atoms with E-state index in [-0.39, 0.29) is 0 Å². The molecule has 0 saturated heterocycles. The number of ether oxygens (including phenoxy) is 1. The topological polar surface area (TPSA) is 33.0 Å². The summed E-state index contributed by atoms with van der Waals surface area (Å²) in [5, 5.41) is 0. The summed E-state index contributed by atoms with van der Waals surface area (Å²) in [4.78, 5) is 0. The largest absolute Gasteiger partial charge is 0.465 e. The molecule has 2 nitrogen and oxygen atoms in total. The Bertz CT molecular complexity index is 304. The Kier molecular flexibility index (Phi) is 1.32. The van der Waals surface area contributed by atoms with Crippen molar-refractivity contribution < 1.29 is 4.74 Å². The summed E-state index contributed by atoms with van der Waals surface area (Å²) in [7, 11) is 0. The van der Waals surface area contributed by atoms with Gasteiger partial charge in [-0.1, -0.05) is 0 Å². The van der Waals surface area contributed by atoms with E-state index in [9.17, 15) is 0 Å². The Balaban J connectivity index is 2.48. The second-order valence-electron chi connectivity index (χ2n) is 2.52. The van der Waals surface area contributed by atoms with Crippen molar-refractivity contribution in [2.45, 2.75) is 6.42 Å². The van der Waals surface area contributed by atoms with E-state index in [0.717, 1.165) is 17.7 Å². The van der Waals surface area contributed by atoms with Gasteiger partial charge < -0.3 is 10.5 Å². The van der Waals surface area contributed by atoms with Gasteiger partial charge in [0.25, 0.3) is 0 Å². The lowest BCUT2D eigenvalue weighted by molar-refractivity contribution is 0.465. The highest BCUT2D eigenvalue weighted by atomic mass is 16.5. The molecule has 1 aromatic carbocycles. The smallest absolute Gasteiger partial charge is 0.130 e. The predicted molar refractivity (Wildman–Crippen MR) is 42.7 cm³/mol. The lowest BCUT2D eigenvalue weighted by Gasteiger charge is -2.10. The van der Waals surface area contributed by atoms with Crippen LogP contribution in [0.3, 0.4) is 0 Å². The van der Waals surface area contributed by atoms with Crippen molar-refractivity contribution in [2.75, 3.05) is 0 Å². The number of allylic oxidation sites excluding steroid dienone is 1. The van der Waals surface area contributed by atoms with Crippen molar-refractivity contribution in [1.82, 2.24) is 5.73 Å². The van der Waals surface area contributed by atoms with Gasteiger partial charge in [-0.05, 0) is 30.7 Å². The second-order valence-corrected chi connectivity index (χ2v) is 2.52. The van der Waals surface area contributed by atoms with Gasteiger partial charge in [-0.3, -0.25) is 0 Å². The van der Waals surface area contributed by atoms with Gasteiger partial charge in [-0.15, -0.1) is 0 Å². The van der Waals surface area contributed by atoms with Crippen LogP contribution in [0.4, 0.5) is 5.69 Å². The van der Waals surface area contributed by atoms with E-state index in [1.54, 1.807) is 12.3 Å². The zero-order valence-corrected chi connectivity index (χ0v) is 6.00. The van der Waals surface area contributed by atoms with Crippen LogP contribution in [0.25, 0.3) is 0 Å². The first-order chi connectivity index (χ1) is 5.36. The normalized spacial score (nSPS) is 13.8. The monoisotopic (exact) mass is 146 g/mol. The molecule has 1 aliphatic rings. The summed E-state index contributed by atoms with van der Waals surface area (Å²) >= 11 is 0. The van der Waals surface area contributed by atoms with Crippen LogP contribution in [0.15, 0.2) is 30.5 Å². The Morgan fingerprint density at radius 2 is 2.27 bits per heavy atom. The second kappa shape index (κ2) is 2.31. The van der Waals surface area contributed by atoms with Gasteiger partial charge in [0.05, 0.1) is 11.9 Å². The number of hydrogen-bond acceptors (Lipinski definition) is 1. The van der Waals surface area contributed by atoms with Crippen molar-refractivity contribution in [2.24, 2.45) is 0 Å². The molecule has 1 radical (unpaired) electrons. The maximum absolute atomic E-state index is 7.36. The third kappa shape index (κ3) is 1.07. The number of fused-ring (bicyclic) bond motifs is 1. The van der Waals surface area contributed by atoms with Crippen LogP contribution in [0.5, 0.6) is 5.75 Å². The van der Waals surface area contributed by atoms with Crippen LogP contribution in [0, 0.1) is 0 Å². The molecule has 0 atom stereocenters. The van der Waals surface area contributed by atoms with Crippen molar-refractivity contribution in [1.29, 1.82) is 0 Å². The van der Waals surface area contributed by atoms with Crippen LogP contribution in [-0.4, -0.2) is 0 Å². The number of hydrogen-bond donors (Lipinski definition) is 0. The van der Waals surface area contributed by atoms with E-state index in [4.69, 9.17) is 10.5 Å². The Labute approximate surface area is 65.3 Å². The molecule has 1 aliphatic heterocycles. The average molecular weight is 146 g/mol. The first-order valence-corrected chi connectivity index (χ1v) is 3.52. The van der Waals surface area contributed by atoms with E-state index < -0.39 is 0 Å². The average Bonchev–Trinajstić information content (AvgIpc) is 2.04. The van der Waals surface area contributed by atoms with E-state index in [1.807, 2.05) is 18.2 Å². The number of rotatable bonds is 0. The van der Waals surface area contributed by atoms with Crippen LogP contribution >= 0.6 is 0 Å². The molecule has 1 N–H and O–H groups in total. The molecule has 2 heteroatoms. The highest BCUT2D eigenvalue weighted by Gasteiger charge is 2.05. The fourth-order valence-corrected chi connectivity index (χ4v) is 1.15. The van der Waals surface area contributed by atoms with Gasteiger partial charge in [0.1, 0.15) is 5.75 Å². The molecule has 0 amide bonds. The molecule has 2 rings (SSSR count). The summed E-state index contributed by atoms with van der Waals surface area (Å²) in [5.74, 6) is 0.878. The minimum absolute atomic E-state index is 0.544. The fraction of sp³-hybridized carbons (Fsp3) is 0.111. The van der Waals surface area contributed by atoms with Gasteiger partial charge in [0, 0.05) is 5.56 Å². The van der Waals surface area contributed by atoms with E-state index >= 15 is 0 Å². The standard InChI is InChI=1S/C9H8NO/c10-8-3-4-9-7(6-8)2-1-5-11-9/h1,3-6,10H,2H2. The van der Waals surface area contributed by atoms with Crippen LogP contribution in [0.2, 0.25) is 0 Å². The molecule has 0 spiro atoms. The zero-order chi connectivity index (χ0) is 7.68. The summed E-state index contributed by atoms with van der Waals surface area (Å²) in [6.45, 7) is 0. The maximum Gasteiger partial charge on any atom is 0.130 e. The minimum Gasteiger partial charge on any atom is -0.465 e. The predicted octanol–water partition coefficient (Wildman–Crippen LogP) is 2.05. The molecule has 55 valence electrons. The first kappa shape index (κ1) is 6.28. The Morgan fingerprint density at radius 3 is 3.18 bits per heavy atom. The first-order valence-electron chi connectivity index (χ1n) is 3.52. The third-order valence-corrected chi connectivity index (χ3v) is 1.69. The quantitative estimate of drug-likeness (QED) is 0.551. The van der Waals surface area contributed by atoms with Crippen molar-refractivity contribution in [3.63, 3.8) is 0 Å². The van der Waals surface area contributed by atoms with Gasteiger partial charge >= 0.3 is 0 Å². The highest BCUT2D eigenvalue weighted by molar-refractivity contribution is 5.47. The highest BCUT2D eigenvalue weighted by Crippen LogP contribution is 2.25. The molecule has 0 unspecified atom stereocenters. The molecule has 11 heavy (non-hydrogen) atoms. The van der Waals surface area contributed by atoms with Crippen LogP contribution in [0.1, 0.15) is 5.56 Å². The molecule has 0 aliphatic carbocycles. The van der Waals surface area contributed by atoms with Crippen LogP contribution in [-0.2, 0) is 6.42 Å². The van der Waals surface area contributed by atoms with Crippen LogP contribution < -0.4 is 10.5 Å². The maximum atomic E-state index is 7.36. The molecular weight excluding hydrogens is 138 g/mol. The lowest BCUT2D eigenvalue weighted by Crippen LogP contribution is -1.95. The van der Waals surface area contributed by atoms with Gasteiger partial charge in [-0.25, -0.2) is 0 Å². The van der Waals surface area contributed by atoms with Gasteiger partial charge in [0.15, 0.2) is 0 Å². The lowest BCUT2D eigenvalue weighted by atomic mass is 10.1. The molecule has 0 fully saturated rings. The molecule has 0 bridgehead atoms. The molecule has 0 saturated carbocycles. The molecule has 1 heterocycles. The third-order valence-electron chi connectivity index (χ3n) is 1.69. The summed E-state index contributed by atoms with van der Waals surface area (Å²) in [6.07, 6.45) is 4.51. The van der Waals surface area contributed by atoms with Gasteiger partial charge in [-0.2, -0.15) is 0 Å². The van der Waals surface area contributed by atoms with Gasteiger partial charge in [0.2, 0.25) is 0 Å². The minimum atomic E-state index is 0.544. The summed E-state index contributed by atoms with van der Waals surface area (Å²) in [6, 6.07) is 5.40. The molecule has 0 aromatic heterocycles. The SMILES string of the molecule is [NH]c1ccc2c(c1)CC=CO2. The zero-order valence-electron chi connectivity index (χ0n) is 6.00. The van der Waals surface area contributed by atoms with E-state index in [2.05, 4.69) is 0 Å². The Hall–Kier alpha value is -1.44. The van der Waals surface area contributed by atoms with Crippen molar-refractivity contribution in [3.05, 3.63) is 36.1 Å². The van der Waals surface area contributed by atoms with Crippen molar-refractivity contribution >= 4 is 5.69 Å². The van der Waals surface area contributed by atoms with E-state index in [1.165, 1.54) is 0 Å². The van der Waals surface area contributed by atoms with E-state index in [0.29, 0.717) is 5.69 Å². The summed E-state index contributed by atoms with van der Waals surface area (Å²) in [5.41, 5.74) is 9.00. The summed E-state index contributed by atoms with van der Waals surface area (Å²) < 4.78 is 5.21. The fourth-order valence-electron chi connectivity index (χ4n) is 1.15. The molecular formula is C9H8NO. The number of nitrogens with one attached hydrogen (secondary N) is 1. The number of benzene rings is 1. The van der Waals surface area contributed by atoms with Crippen molar-refractivity contribution in [3.8, 4) is 5.75 Å². The Morgan fingerprint density at radius 1 is 1.36 bits per heavy atom.